The van der Waals surface area contributed by atoms with Crippen molar-refractivity contribution in [1.82, 2.24) is 0 Å². The molecule has 1 aliphatic carbocycles. The normalized spacial score (nSPS) is 18.4. The van der Waals surface area contributed by atoms with E-state index in [1.807, 2.05) is 23.5 Å². The molecule has 3 aliphatic rings. The summed E-state index contributed by atoms with van der Waals surface area (Å²) in [5.74, 6) is 0.414. The fraction of sp³-hybridized carbons (Fsp3) is 0.158. The van der Waals surface area contributed by atoms with E-state index in [-0.39, 0.29) is 0 Å². The van der Waals surface area contributed by atoms with Crippen LogP contribution in [0.1, 0.15) is 39.3 Å². The summed E-state index contributed by atoms with van der Waals surface area (Å²) in [5.41, 5.74) is 14.8. The molecule has 2 aliphatic heterocycles. The minimum absolute atomic E-state index is 0.414. The number of hydrogen-bond acceptors (Lipinski definition) is 2. The molecule has 2 heterocycles. The van der Waals surface area contributed by atoms with E-state index < -0.39 is 0 Å². The van der Waals surface area contributed by atoms with Gasteiger partial charge < -0.3 is 0 Å². The van der Waals surface area contributed by atoms with Gasteiger partial charge in [0.15, 0.2) is 0 Å². The number of hydrogen-bond donors (Lipinski definition) is 0. The van der Waals surface area contributed by atoms with Gasteiger partial charge in [0.25, 0.3) is 0 Å². The average molecular weight is 551 g/mol. The van der Waals surface area contributed by atoms with Crippen molar-refractivity contribution in [1.29, 1.82) is 0 Å². The summed E-state index contributed by atoms with van der Waals surface area (Å²) < 4.78 is 0. The minimum Gasteiger partial charge on any atom is -0.117 e. The van der Waals surface area contributed by atoms with E-state index in [9.17, 15) is 0 Å². The Morgan fingerprint density at radius 2 is 1.32 bits per heavy atom. The van der Waals surface area contributed by atoms with Crippen molar-refractivity contribution >= 4 is 39.9 Å². The van der Waals surface area contributed by atoms with Gasteiger partial charge in [0, 0.05) is 31.2 Å². The first-order valence-electron chi connectivity index (χ1n) is 14.1. The van der Waals surface area contributed by atoms with E-state index in [4.69, 9.17) is 0 Å². The topological polar surface area (TPSA) is 0 Å². The average Bonchev–Trinajstić information content (AvgIpc) is 3.29. The van der Waals surface area contributed by atoms with E-state index in [1.54, 1.807) is 0 Å². The second kappa shape index (κ2) is 9.03. The Kier molecular flexibility index (Phi) is 5.49. The number of thioether (sulfide) groups is 1. The molecule has 194 valence electrons. The molecular formula is C38H30S2. The summed E-state index contributed by atoms with van der Waals surface area (Å²) in [5, 5.41) is 3.28. The fourth-order valence-electron chi connectivity index (χ4n) is 6.96. The Labute approximate surface area is 245 Å². The molecule has 0 saturated heterocycles. The molecule has 8 rings (SSSR count). The molecule has 0 bridgehead atoms. The molecule has 5 aromatic carbocycles. The van der Waals surface area contributed by atoms with Crippen LogP contribution in [0.5, 0.6) is 0 Å². The quantitative estimate of drug-likeness (QED) is 0.210. The highest BCUT2D eigenvalue weighted by atomic mass is 32.2. The largest absolute Gasteiger partial charge is 0.117 e. The van der Waals surface area contributed by atoms with Gasteiger partial charge >= 0.3 is 0 Å². The third-order valence-corrected chi connectivity index (χ3v) is 10.9. The van der Waals surface area contributed by atoms with E-state index >= 15 is 0 Å². The van der Waals surface area contributed by atoms with Crippen molar-refractivity contribution in [3.8, 4) is 22.3 Å². The lowest BCUT2D eigenvalue weighted by Gasteiger charge is -2.24. The van der Waals surface area contributed by atoms with Crippen LogP contribution < -0.4 is 0 Å². The molecule has 0 radical (unpaired) electrons. The summed E-state index contributed by atoms with van der Waals surface area (Å²) in [6.45, 7) is 8.76. The smallest absolute Gasteiger partial charge is 0.0387 e. The predicted molar refractivity (Wildman–Crippen MR) is 174 cm³/mol. The van der Waals surface area contributed by atoms with Crippen molar-refractivity contribution in [3.63, 3.8) is 0 Å². The highest BCUT2D eigenvalue weighted by Gasteiger charge is 2.36. The number of rotatable bonds is 2. The first-order chi connectivity index (χ1) is 19.4. The van der Waals surface area contributed by atoms with Gasteiger partial charge in [-0.3, -0.25) is 0 Å². The lowest BCUT2D eigenvalue weighted by Crippen LogP contribution is -2.09. The Morgan fingerprint density at radius 1 is 0.600 bits per heavy atom. The third-order valence-electron chi connectivity index (χ3n) is 8.51. The Bertz CT molecular complexity index is 1910. The monoisotopic (exact) mass is 550 g/mol. The van der Waals surface area contributed by atoms with Crippen LogP contribution in [0.25, 0.3) is 38.6 Å². The zero-order valence-corrected chi connectivity index (χ0v) is 24.8. The second-order valence-electron chi connectivity index (χ2n) is 11.7. The van der Waals surface area contributed by atoms with Crippen molar-refractivity contribution in [2.24, 2.45) is 0 Å². The first kappa shape index (κ1) is 24.3. The van der Waals surface area contributed by atoms with Gasteiger partial charge in [-0.25, -0.2) is 0 Å². The predicted octanol–water partition coefficient (Wildman–Crippen LogP) is 11.1. The van der Waals surface area contributed by atoms with Crippen LogP contribution >= 0.6 is 23.5 Å². The highest BCUT2D eigenvalue weighted by molar-refractivity contribution is 8.00. The lowest BCUT2D eigenvalue weighted by atomic mass is 9.83. The number of allylic oxidation sites excluding steroid dienone is 3. The van der Waals surface area contributed by atoms with Crippen LogP contribution in [0.4, 0.5) is 0 Å². The van der Waals surface area contributed by atoms with Gasteiger partial charge in [-0.15, -0.1) is 11.8 Å². The summed E-state index contributed by atoms with van der Waals surface area (Å²) >= 11 is 3.98. The van der Waals surface area contributed by atoms with Crippen LogP contribution in [0, 0.1) is 27.7 Å². The zero-order chi connectivity index (χ0) is 27.1. The number of aryl methyl sites for hydroxylation is 4. The Hall–Kier alpha value is -3.46. The van der Waals surface area contributed by atoms with Crippen LogP contribution in [-0.4, -0.2) is 5.25 Å². The van der Waals surface area contributed by atoms with E-state index in [0.29, 0.717) is 11.2 Å². The molecule has 40 heavy (non-hydrogen) atoms. The minimum atomic E-state index is 0.414. The van der Waals surface area contributed by atoms with Crippen molar-refractivity contribution in [2.75, 3.05) is 0 Å². The summed E-state index contributed by atoms with van der Waals surface area (Å²) in [6.07, 6.45) is 7.34. The Morgan fingerprint density at radius 3 is 2.08 bits per heavy atom. The highest BCUT2D eigenvalue weighted by Crippen LogP contribution is 2.57. The first-order valence-corrected chi connectivity index (χ1v) is 15.8. The molecule has 0 saturated carbocycles. The second-order valence-corrected chi connectivity index (χ2v) is 14.0. The van der Waals surface area contributed by atoms with E-state index in [2.05, 4.69) is 125 Å². The summed E-state index contributed by atoms with van der Waals surface area (Å²) in [6, 6.07) is 30.2. The lowest BCUT2D eigenvalue weighted by molar-refractivity contribution is 0.893. The van der Waals surface area contributed by atoms with Crippen molar-refractivity contribution in [3.05, 3.63) is 130 Å². The molecule has 5 aromatic rings. The molecule has 2 atom stereocenters. The summed E-state index contributed by atoms with van der Waals surface area (Å²) in [7, 11) is 0. The molecular weight excluding hydrogens is 521 g/mol. The van der Waals surface area contributed by atoms with Gasteiger partial charge in [0.05, 0.1) is 0 Å². The molecule has 0 spiro atoms. The van der Waals surface area contributed by atoms with Crippen LogP contribution in [0.15, 0.2) is 112 Å². The van der Waals surface area contributed by atoms with Gasteiger partial charge in [0.1, 0.15) is 0 Å². The summed E-state index contributed by atoms with van der Waals surface area (Å²) in [4.78, 5) is 4.17. The standard InChI is InChI=1S/C38H30S2/c1-21-12-22(2)15-27(14-21)25-8-10-29-32-20-36-37(31-6-5-7-33(38(31)32)39-34(29)18-25)30-11-9-26(19-35(30)40-36)28-16-23(3)13-24(4)17-28/h5-20,30,35H,1-4H3. The molecule has 0 aromatic heterocycles. The Balaban J connectivity index is 1.24. The van der Waals surface area contributed by atoms with Gasteiger partial charge in [-0.2, -0.15) is 0 Å². The zero-order valence-electron chi connectivity index (χ0n) is 23.2. The van der Waals surface area contributed by atoms with Crippen LogP contribution in [0.3, 0.4) is 0 Å². The molecule has 2 heteroatoms. The maximum absolute atomic E-state index is 2.51. The molecule has 0 N–H and O–H groups in total. The maximum atomic E-state index is 2.51. The molecule has 0 nitrogen and oxygen atoms in total. The van der Waals surface area contributed by atoms with Gasteiger partial charge in [-0.05, 0) is 90.2 Å². The van der Waals surface area contributed by atoms with Crippen molar-refractivity contribution < 1.29 is 0 Å². The number of fused-ring (bicyclic) bond motifs is 6. The number of benzene rings is 5. The maximum Gasteiger partial charge on any atom is 0.0387 e. The van der Waals surface area contributed by atoms with E-state index in [1.165, 1.54) is 86.7 Å². The van der Waals surface area contributed by atoms with Gasteiger partial charge in [-0.1, -0.05) is 113 Å². The molecule has 0 amide bonds. The van der Waals surface area contributed by atoms with Gasteiger partial charge in [0.2, 0.25) is 0 Å². The van der Waals surface area contributed by atoms with Crippen LogP contribution in [0.2, 0.25) is 0 Å². The molecule has 2 unspecified atom stereocenters. The van der Waals surface area contributed by atoms with E-state index in [0.717, 1.165) is 0 Å². The molecule has 0 fully saturated rings. The van der Waals surface area contributed by atoms with Crippen LogP contribution in [-0.2, 0) is 0 Å². The SMILES string of the molecule is Cc1cc(C)cc(C2=CC3Sc4cc5c6c(cccc6c4C3C=C2)Sc2cc(-c3cc(C)cc(C)c3)ccc2-5)c1. The third kappa shape index (κ3) is 3.84. The van der Waals surface area contributed by atoms with Crippen molar-refractivity contribution in [2.45, 2.75) is 53.5 Å². The fourth-order valence-corrected chi connectivity index (χ4v) is 9.58.